The molecular formula is C14H20ClNO. The van der Waals surface area contributed by atoms with E-state index in [0.717, 1.165) is 26.1 Å². The molecule has 0 aliphatic rings. The van der Waals surface area contributed by atoms with Gasteiger partial charge in [0.2, 0.25) is 0 Å². The Morgan fingerprint density at radius 1 is 1.18 bits per heavy atom. The van der Waals surface area contributed by atoms with Gasteiger partial charge in [-0.05, 0) is 18.5 Å². The molecule has 0 saturated carbocycles. The molecule has 1 aromatic carbocycles. The Hall–Kier alpha value is -0.830. The van der Waals surface area contributed by atoms with E-state index in [4.69, 9.17) is 16.3 Å². The molecule has 1 aromatic rings. The molecule has 2 nitrogen and oxygen atoms in total. The highest BCUT2D eigenvalue weighted by atomic mass is 35.5. The van der Waals surface area contributed by atoms with Crippen LogP contribution in [0.5, 0.6) is 0 Å². The van der Waals surface area contributed by atoms with E-state index >= 15 is 0 Å². The second-order valence-corrected chi connectivity index (χ2v) is 4.03. The summed E-state index contributed by atoms with van der Waals surface area (Å²) in [5, 5.41) is 3.29. The molecule has 0 saturated heterocycles. The molecule has 0 aromatic heterocycles. The minimum atomic E-state index is 0.585. The van der Waals surface area contributed by atoms with Crippen molar-refractivity contribution in [1.29, 1.82) is 0 Å². The van der Waals surface area contributed by atoms with Crippen LogP contribution in [0.15, 0.2) is 42.5 Å². The number of allylic oxidation sites excluding steroid dienone is 1. The maximum Gasteiger partial charge on any atom is 0.0716 e. The van der Waals surface area contributed by atoms with Crippen LogP contribution in [-0.2, 0) is 11.3 Å². The van der Waals surface area contributed by atoms with E-state index in [1.165, 1.54) is 5.56 Å². The first-order valence-electron chi connectivity index (χ1n) is 5.97. The molecule has 0 atom stereocenters. The number of hydrogen-bond acceptors (Lipinski definition) is 2. The van der Waals surface area contributed by atoms with Gasteiger partial charge in [-0.1, -0.05) is 42.5 Å². The number of hydrogen-bond donors (Lipinski definition) is 1. The van der Waals surface area contributed by atoms with Crippen LogP contribution >= 0.6 is 11.6 Å². The van der Waals surface area contributed by atoms with Gasteiger partial charge in [0.05, 0.1) is 6.61 Å². The minimum Gasteiger partial charge on any atom is -0.377 e. The van der Waals surface area contributed by atoms with Crippen molar-refractivity contribution >= 4 is 11.6 Å². The number of ether oxygens (including phenoxy) is 1. The topological polar surface area (TPSA) is 21.3 Å². The van der Waals surface area contributed by atoms with E-state index in [1.807, 2.05) is 30.4 Å². The molecule has 17 heavy (non-hydrogen) atoms. The highest BCUT2D eigenvalue weighted by Crippen LogP contribution is 2.00. The second kappa shape index (κ2) is 10.3. The fourth-order valence-electron chi connectivity index (χ4n) is 1.40. The third-order valence-corrected chi connectivity index (χ3v) is 2.45. The molecule has 1 rings (SSSR count). The number of halogens is 1. The van der Waals surface area contributed by atoms with Crippen molar-refractivity contribution in [3.05, 3.63) is 48.0 Å². The molecule has 1 N–H and O–H groups in total. The summed E-state index contributed by atoms with van der Waals surface area (Å²) >= 11 is 5.51. The Balaban J connectivity index is 1.90. The largest absolute Gasteiger partial charge is 0.377 e. The van der Waals surface area contributed by atoms with Gasteiger partial charge >= 0.3 is 0 Å². The summed E-state index contributed by atoms with van der Waals surface area (Å²) in [6, 6.07) is 10.2. The summed E-state index contributed by atoms with van der Waals surface area (Å²) in [6.45, 7) is 3.35. The Labute approximate surface area is 109 Å². The van der Waals surface area contributed by atoms with Crippen molar-refractivity contribution in [2.75, 3.05) is 25.6 Å². The SMILES string of the molecule is ClC/C=C/CNCCCOCc1ccccc1. The molecule has 0 unspecified atom stereocenters. The lowest BCUT2D eigenvalue weighted by atomic mass is 10.2. The Kier molecular flexibility index (Phi) is 8.65. The van der Waals surface area contributed by atoms with Gasteiger partial charge in [0.1, 0.15) is 0 Å². The molecule has 0 heterocycles. The Morgan fingerprint density at radius 2 is 2.00 bits per heavy atom. The first kappa shape index (κ1) is 14.2. The number of rotatable bonds is 9. The van der Waals surface area contributed by atoms with Crippen molar-refractivity contribution < 1.29 is 4.74 Å². The smallest absolute Gasteiger partial charge is 0.0716 e. The standard InChI is InChI=1S/C14H20ClNO/c15-9-4-5-10-16-11-6-12-17-13-14-7-2-1-3-8-14/h1-5,7-8,16H,6,9-13H2/b5-4+. The molecule has 0 amide bonds. The lowest BCUT2D eigenvalue weighted by molar-refractivity contribution is 0.118. The van der Waals surface area contributed by atoms with Crippen molar-refractivity contribution in [1.82, 2.24) is 5.32 Å². The maximum atomic E-state index is 5.57. The molecule has 0 spiro atoms. The predicted octanol–water partition coefficient (Wildman–Crippen LogP) is 2.98. The third kappa shape index (κ3) is 7.97. The summed E-state index contributed by atoms with van der Waals surface area (Å²) in [5.41, 5.74) is 1.23. The van der Waals surface area contributed by atoms with E-state index < -0.39 is 0 Å². The zero-order valence-electron chi connectivity index (χ0n) is 10.1. The van der Waals surface area contributed by atoms with Gasteiger partial charge in [-0.2, -0.15) is 0 Å². The summed E-state index contributed by atoms with van der Waals surface area (Å²) in [7, 11) is 0. The van der Waals surface area contributed by atoms with Crippen LogP contribution < -0.4 is 5.32 Å². The van der Waals surface area contributed by atoms with Crippen molar-refractivity contribution in [2.24, 2.45) is 0 Å². The molecule has 94 valence electrons. The highest BCUT2D eigenvalue weighted by Gasteiger charge is 1.91. The summed E-state index contributed by atoms with van der Waals surface area (Å²) in [5.74, 6) is 0.585. The molecule has 3 heteroatoms. The van der Waals surface area contributed by atoms with Gasteiger partial charge in [-0.3, -0.25) is 0 Å². The fraction of sp³-hybridized carbons (Fsp3) is 0.429. The molecule has 0 fully saturated rings. The first-order chi connectivity index (χ1) is 8.43. The lowest BCUT2D eigenvalue weighted by Gasteiger charge is -2.04. The van der Waals surface area contributed by atoms with Gasteiger partial charge in [0, 0.05) is 19.0 Å². The normalized spacial score (nSPS) is 11.1. The minimum absolute atomic E-state index is 0.585. The Morgan fingerprint density at radius 3 is 2.76 bits per heavy atom. The van der Waals surface area contributed by atoms with Crippen molar-refractivity contribution in [3.63, 3.8) is 0 Å². The van der Waals surface area contributed by atoms with E-state index in [9.17, 15) is 0 Å². The zero-order valence-corrected chi connectivity index (χ0v) is 10.8. The molecule has 0 bridgehead atoms. The quantitative estimate of drug-likeness (QED) is 0.415. The third-order valence-electron chi connectivity index (χ3n) is 2.27. The van der Waals surface area contributed by atoms with E-state index in [1.54, 1.807) is 0 Å². The average Bonchev–Trinajstić information content (AvgIpc) is 2.38. The number of benzene rings is 1. The molecular weight excluding hydrogens is 234 g/mol. The predicted molar refractivity (Wildman–Crippen MR) is 73.4 cm³/mol. The van der Waals surface area contributed by atoms with Crippen LogP contribution in [0, 0.1) is 0 Å². The number of nitrogens with one attached hydrogen (secondary N) is 1. The molecule has 0 radical (unpaired) electrons. The monoisotopic (exact) mass is 253 g/mol. The second-order valence-electron chi connectivity index (χ2n) is 3.72. The maximum absolute atomic E-state index is 5.57. The summed E-state index contributed by atoms with van der Waals surface area (Å²) in [4.78, 5) is 0. The van der Waals surface area contributed by atoms with Crippen LogP contribution in [-0.4, -0.2) is 25.6 Å². The van der Waals surface area contributed by atoms with Crippen LogP contribution in [0.4, 0.5) is 0 Å². The van der Waals surface area contributed by atoms with E-state index in [2.05, 4.69) is 17.4 Å². The average molecular weight is 254 g/mol. The summed E-state index contributed by atoms with van der Waals surface area (Å²) in [6.07, 6.45) is 5.01. The summed E-state index contributed by atoms with van der Waals surface area (Å²) < 4.78 is 5.57. The van der Waals surface area contributed by atoms with Gasteiger partial charge in [-0.25, -0.2) is 0 Å². The van der Waals surface area contributed by atoms with Crippen molar-refractivity contribution in [3.8, 4) is 0 Å². The van der Waals surface area contributed by atoms with Gasteiger partial charge < -0.3 is 10.1 Å². The van der Waals surface area contributed by atoms with Crippen LogP contribution in [0.2, 0.25) is 0 Å². The van der Waals surface area contributed by atoms with Crippen LogP contribution in [0.25, 0.3) is 0 Å². The Bertz CT molecular complexity index is 300. The number of alkyl halides is 1. The zero-order chi connectivity index (χ0) is 12.2. The van der Waals surface area contributed by atoms with Crippen LogP contribution in [0.3, 0.4) is 0 Å². The first-order valence-corrected chi connectivity index (χ1v) is 6.50. The van der Waals surface area contributed by atoms with E-state index in [0.29, 0.717) is 12.5 Å². The highest BCUT2D eigenvalue weighted by molar-refractivity contribution is 6.18. The van der Waals surface area contributed by atoms with Gasteiger partial charge in [0.25, 0.3) is 0 Å². The van der Waals surface area contributed by atoms with Gasteiger partial charge in [0.15, 0.2) is 0 Å². The van der Waals surface area contributed by atoms with Gasteiger partial charge in [-0.15, -0.1) is 11.6 Å². The fourth-order valence-corrected chi connectivity index (χ4v) is 1.52. The van der Waals surface area contributed by atoms with Crippen molar-refractivity contribution in [2.45, 2.75) is 13.0 Å². The lowest BCUT2D eigenvalue weighted by Crippen LogP contribution is -2.16. The van der Waals surface area contributed by atoms with E-state index in [-0.39, 0.29) is 0 Å². The molecule has 0 aliphatic heterocycles. The molecule has 0 aliphatic carbocycles. The van der Waals surface area contributed by atoms with Crippen LogP contribution in [0.1, 0.15) is 12.0 Å².